The van der Waals surface area contributed by atoms with Gasteiger partial charge >= 0.3 is 0 Å². The van der Waals surface area contributed by atoms with Crippen LogP contribution in [0.25, 0.3) is 0 Å². The highest BCUT2D eigenvalue weighted by Crippen LogP contribution is 2.16. The molecule has 0 aliphatic heterocycles. The van der Waals surface area contributed by atoms with Gasteiger partial charge in [-0.05, 0) is 24.3 Å². The number of hydrogen-bond acceptors (Lipinski definition) is 4. The van der Waals surface area contributed by atoms with E-state index in [4.69, 9.17) is 10.00 Å². The van der Waals surface area contributed by atoms with Crippen LogP contribution >= 0.6 is 0 Å². The van der Waals surface area contributed by atoms with Gasteiger partial charge in [-0.3, -0.25) is 0 Å². The van der Waals surface area contributed by atoms with Crippen molar-refractivity contribution < 1.29 is 13.2 Å². The third-order valence-corrected chi connectivity index (χ3v) is 4.38. The monoisotopic (exact) mass is 280 g/mol. The molecule has 0 amide bonds. The van der Waals surface area contributed by atoms with Crippen LogP contribution in [0.2, 0.25) is 0 Å². The van der Waals surface area contributed by atoms with E-state index in [9.17, 15) is 8.42 Å². The number of methoxy groups -OCH3 is 1. The Labute approximate surface area is 113 Å². The van der Waals surface area contributed by atoms with Crippen LogP contribution in [0.15, 0.2) is 41.8 Å². The first-order valence-corrected chi connectivity index (χ1v) is 7.10. The Balaban J connectivity index is 3.03. The summed E-state index contributed by atoms with van der Waals surface area (Å²) in [7, 11) is -2.07. The van der Waals surface area contributed by atoms with E-state index in [0.717, 1.165) is 0 Å². The van der Waals surface area contributed by atoms with Gasteiger partial charge in [0.15, 0.2) is 0 Å². The minimum Gasteiger partial charge on any atom is -0.383 e. The summed E-state index contributed by atoms with van der Waals surface area (Å²) < 4.78 is 30.9. The molecular formula is C13H16N2O3S. The van der Waals surface area contributed by atoms with Crippen molar-refractivity contribution in [2.45, 2.75) is 4.90 Å². The summed E-state index contributed by atoms with van der Waals surface area (Å²) >= 11 is 0. The Kier molecular flexibility index (Phi) is 5.70. The first-order valence-electron chi connectivity index (χ1n) is 5.66. The number of benzene rings is 1. The van der Waals surface area contributed by atoms with Gasteiger partial charge in [0.1, 0.15) is 0 Å². The van der Waals surface area contributed by atoms with E-state index in [-0.39, 0.29) is 18.0 Å². The predicted molar refractivity (Wildman–Crippen MR) is 72.0 cm³/mol. The van der Waals surface area contributed by atoms with Gasteiger partial charge in [0, 0.05) is 20.2 Å². The Morgan fingerprint density at radius 1 is 1.42 bits per heavy atom. The molecule has 0 unspecified atom stereocenters. The lowest BCUT2D eigenvalue weighted by molar-refractivity contribution is 0.182. The van der Waals surface area contributed by atoms with E-state index >= 15 is 0 Å². The van der Waals surface area contributed by atoms with Crippen LogP contribution in [0.4, 0.5) is 0 Å². The lowest BCUT2D eigenvalue weighted by Crippen LogP contribution is -2.34. The summed E-state index contributed by atoms with van der Waals surface area (Å²) in [5.74, 6) is 0. The zero-order chi connectivity index (χ0) is 14.3. The molecule has 1 aromatic carbocycles. The maximum atomic E-state index is 12.4. The van der Waals surface area contributed by atoms with Crippen molar-refractivity contribution in [1.82, 2.24) is 4.31 Å². The zero-order valence-corrected chi connectivity index (χ0v) is 11.6. The normalized spacial score (nSPS) is 11.2. The van der Waals surface area contributed by atoms with Crippen LogP contribution in [0, 0.1) is 11.3 Å². The first kappa shape index (κ1) is 15.4. The first-order chi connectivity index (χ1) is 9.06. The summed E-state index contributed by atoms with van der Waals surface area (Å²) in [6.45, 7) is 4.33. The fraction of sp³-hybridized carbons (Fsp3) is 0.308. The zero-order valence-electron chi connectivity index (χ0n) is 10.7. The van der Waals surface area contributed by atoms with E-state index < -0.39 is 10.0 Å². The molecule has 0 spiro atoms. The average Bonchev–Trinajstić information content (AvgIpc) is 2.43. The van der Waals surface area contributed by atoms with Crippen LogP contribution < -0.4 is 0 Å². The van der Waals surface area contributed by atoms with E-state index in [0.29, 0.717) is 12.2 Å². The van der Waals surface area contributed by atoms with Gasteiger partial charge < -0.3 is 4.74 Å². The summed E-state index contributed by atoms with van der Waals surface area (Å²) in [5.41, 5.74) is 0.422. The molecule has 6 heteroatoms. The molecule has 0 heterocycles. The summed E-state index contributed by atoms with van der Waals surface area (Å²) in [6, 6.07) is 7.77. The summed E-state index contributed by atoms with van der Waals surface area (Å²) in [4.78, 5) is 0.157. The van der Waals surface area contributed by atoms with E-state index in [1.54, 1.807) is 0 Å². The third-order valence-electron chi connectivity index (χ3n) is 2.50. The highest BCUT2D eigenvalue weighted by molar-refractivity contribution is 7.89. The molecule has 0 saturated heterocycles. The fourth-order valence-corrected chi connectivity index (χ4v) is 2.89. The molecule has 1 aromatic rings. The second-order valence-corrected chi connectivity index (χ2v) is 5.72. The van der Waals surface area contributed by atoms with Crippen molar-refractivity contribution >= 4 is 10.0 Å². The minimum absolute atomic E-state index is 0.157. The minimum atomic E-state index is -3.59. The summed E-state index contributed by atoms with van der Waals surface area (Å²) in [6.07, 6.45) is 1.52. The van der Waals surface area contributed by atoms with E-state index in [1.807, 2.05) is 6.07 Å². The maximum absolute atomic E-state index is 12.4. The molecule has 0 aliphatic rings. The number of sulfonamides is 1. The molecule has 19 heavy (non-hydrogen) atoms. The van der Waals surface area contributed by atoms with E-state index in [1.165, 1.54) is 41.8 Å². The van der Waals surface area contributed by atoms with Crippen LogP contribution in [-0.4, -0.2) is 39.5 Å². The second-order valence-electron chi connectivity index (χ2n) is 3.78. The number of rotatable bonds is 7. The van der Waals surface area contributed by atoms with Gasteiger partial charge in [-0.15, -0.1) is 6.58 Å². The molecule has 0 bridgehead atoms. The molecule has 1 rings (SSSR count). The molecule has 0 radical (unpaired) electrons. The molecule has 0 saturated carbocycles. The Hall–Kier alpha value is -1.68. The number of hydrogen-bond donors (Lipinski definition) is 0. The van der Waals surface area contributed by atoms with Crippen molar-refractivity contribution in [2.24, 2.45) is 0 Å². The molecule has 102 valence electrons. The smallest absolute Gasteiger partial charge is 0.243 e. The van der Waals surface area contributed by atoms with Gasteiger partial charge in [-0.25, -0.2) is 8.42 Å². The largest absolute Gasteiger partial charge is 0.383 e. The maximum Gasteiger partial charge on any atom is 0.243 e. The van der Waals surface area contributed by atoms with Gasteiger partial charge in [0.05, 0.1) is 23.1 Å². The van der Waals surface area contributed by atoms with Crippen molar-refractivity contribution in [3.63, 3.8) is 0 Å². The number of nitrogens with zero attached hydrogens (tertiary/aromatic N) is 2. The van der Waals surface area contributed by atoms with Crippen molar-refractivity contribution in [3.8, 4) is 6.07 Å². The standard InChI is InChI=1S/C13H16N2O3S/c1-3-8-15(9-10-18-2)19(16,17)13-6-4-12(11-14)5-7-13/h3-7H,1,8-10H2,2H3. The Morgan fingerprint density at radius 2 is 2.05 bits per heavy atom. The lowest BCUT2D eigenvalue weighted by atomic mass is 10.2. The molecule has 0 fully saturated rings. The van der Waals surface area contributed by atoms with Crippen molar-refractivity contribution in [3.05, 3.63) is 42.5 Å². The summed E-state index contributed by atoms with van der Waals surface area (Å²) in [5, 5.41) is 8.70. The van der Waals surface area contributed by atoms with Gasteiger partial charge in [-0.2, -0.15) is 9.57 Å². The topological polar surface area (TPSA) is 70.4 Å². The van der Waals surface area contributed by atoms with Gasteiger partial charge in [-0.1, -0.05) is 6.08 Å². The lowest BCUT2D eigenvalue weighted by Gasteiger charge is -2.20. The Morgan fingerprint density at radius 3 is 2.53 bits per heavy atom. The Bertz CT molecular complexity index is 559. The van der Waals surface area contributed by atoms with Crippen LogP contribution in [-0.2, 0) is 14.8 Å². The number of nitriles is 1. The quantitative estimate of drug-likeness (QED) is 0.707. The molecule has 0 N–H and O–H groups in total. The third kappa shape index (κ3) is 3.89. The molecule has 0 aliphatic carbocycles. The van der Waals surface area contributed by atoms with Crippen molar-refractivity contribution in [1.29, 1.82) is 5.26 Å². The van der Waals surface area contributed by atoms with Crippen LogP contribution in [0.5, 0.6) is 0 Å². The number of ether oxygens (including phenoxy) is 1. The molecular weight excluding hydrogens is 264 g/mol. The average molecular weight is 280 g/mol. The predicted octanol–water partition coefficient (Wildman–Crippen LogP) is 1.38. The molecule has 0 aromatic heterocycles. The van der Waals surface area contributed by atoms with Crippen LogP contribution in [0.3, 0.4) is 0 Å². The highest BCUT2D eigenvalue weighted by atomic mass is 32.2. The van der Waals surface area contributed by atoms with Gasteiger partial charge in [0.2, 0.25) is 10.0 Å². The molecule has 5 nitrogen and oxygen atoms in total. The highest BCUT2D eigenvalue weighted by Gasteiger charge is 2.22. The fourth-order valence-electron chi connectivity index (χ4n) is 1.50. The van der Waals surface area contributed by atoms with Crippen molar-refractivity contribution in [2.75, 3.05) is 26.8 Å². The SMILES string of the molecule is C=CCN(CCOC)S(=O)(=O)c1ccc(C#N)cc1. The van der Waals surface area contributed by atoms with E-state index in [2.05, 4.69) is 6.58 Å². The second kappa shape index (κ2) is 7.04. The molecule has 0 atom stereocenters. The van der Waals surface area contributed by atoms with Crippen LogP contribution in [0.1, 0.15) is 5.56 Å². The van der Waals surface area contributed by atoms with Gasteiger partial charge in [0.25, 0.3) is 0 Å².